The number of hydrogen-bond donors (Lipinski definition) is 1. The maximum atomic E-state index is 12.8. The lowest BCUT2D eigenvalue weighted by molar-refractivity contribution is -0.116. The third-order valence-electron chi connectivity index (χ3n) is 4.33. The van der Waals surface area contributed by atoms with Gasteiger partial charge in [0, 0.05) is 13.1 Å². The van der Waals surface area contributed by atoms with Gasteiger partial charge in [-0.15, -0.1) is 0 Å². The predicted octanol–water partition coefficient (Wildman–Crippen LogP) is 2.12. The molecule has 152 valence electrons. The summed E-state index contributed by atoms with van der Waals surface area (Å²) in [7, 11) is 1.27. The van der Waals surface area contributed by atoms with Crippen molar-refractivity contribution in [3.05, 3.63) is 46.5 Å². The molecule has 0 aliphatic carbocycles. The highest BCUT2D eigenvalue weighted by Crippen LogP contribution is 2.24. The lowest BCUT2D eigenvalue weighted by Crippen LogP contribution is -2.28. The standard InChI is InChI=1S/C19H21N5O4S/c1-4-23(5-2)19-22-16-15(29-19)17(26)24(11-20-16)10-14(25)21-13-9-7-6-8-12(13)18(27)28-3/h6-9,11H,4-5,10H2,1-3H3,(H,21,25). The van der Waals surface area contributed by atoms with Crippen LogP contribution in [-0.4, -0.2) is 46.6 Å². The van der Waals surface area contributed by atoms with Gasteiger partial charge in [0.25, 0.3) is 5.56 Å². The molecular weight excluding hydrogens is 394 g/mol. The topological polar surface area (TPSA) is 106 Å². The molecule has 0 unspecified atom stereocenters. The number of aromatic nitrogens is 3. The zero-order valence-electron chi connectivity index (χ0n) is 16.3. The first-order valence-corrected chi connectivity index (χ1v) is 9.88. The summed E-state index contributed by atoms with van der Waals surface area (Å²) >= 11 is 1.26. The predicted molar refractivity (Wildman–Crippen MR) is 112 cm³/mol. The van der Waals surface area contributed by atoms with E-state index in [2.05, 4.69) is 15.3 Å². The molecule has 29 heavy (non-hydrogen) atoms. The second-order valence-electron chi connectivity index (χ2n) is 6.08. The number of thiazole rings is 1. The molecule has 2 heterocycles. The van der Waals surface area contributed by atoms with E-state index in [0.29, 0.717) is 16.0 Å². The largest absolute Gasteiger partial charge is 0.465 e. The lowest BCUT2D eigenvalue weighted by atomic mass is 10.2. The minimum atomic E-state index is -0.560. The van der Waals surface area contributed by atoms with E-state index < -0.39 is 11.9 Å². The van der Waals surface area contributed by atoms with Gasteiger partial charge in [-0.25, -0.2) is 9.78 Å². The summed E-state index contributed by atoms with van der Waals surface area (Å²) in [6, 6.07) is 6.50. The second kappa shape index (κ2) is 8.82. The van der Waals surface area contributed by atoms with E-state index in [4.69, 9.17) is 4.74 Å². The van der Waals surface area contributed by atoms with Gasteiger partial charge in [0.1, 0.15) is 17.6 Å². The fraction of sp³-hybridized carbons (Fsp3) is 0.316. The summed E-state index contributed by atoms with van der Waals surface area (Å²) in [5.41, 5.74) is 0.584. The number of esters is 1. The molecule has 0 aliphatic heterocycles. The van der Waals surface area contributed by atoms with E-state index in [1.807, 2.05) is 18.7 Å². The number of benzene rings is 1. The van der Waals surface area contributed by atoms with Gasteiger partial charge in [-0.1, -0.05) is 23.5 Å². The Morgan fingerprint density at radius 2 is 1.97 bits per heavy atom. The van der Waals surface area contributed by atoms with Crippen LogP contribution in [0.3, 0.4) is 0 Å². The van der Waals surface area contributed by atoms with E-state index in [1.165, 1.54) is 29.3 Å². The smallest absolute Gasteiger partial charge is 0.339 e. The molecule has 9 nitrogen and oxygen atoms in total. The summed E-state index contributed by atoms with van der Waals surface area (Å²) in [6.45, 7) is 5.32. The van der Waals surface area contributed by atoms with E-state index in [9.17, 15) is 14.4 Å². The average Bonchev–Trinajstić information content (AvgIpc) is 3.16. The molecule has 0 spiro atoms. The zero-order valence-corrected chi connectivity index (χ0v) is 17.2. The van der Waals surface area contributed by atoms with Gasteiger partial charge in [-0.05, 0) is 26.0 Å². The number of methoxy groups -OCH3 is 1. The molecule has 0 saturated heterocycles. The number of carbonyl (C=O) groups excluding carboxylic acids is 2. The van der Waals surface area contributed by atoms with Gasteiger partial charge < -0.3 is 15.0 Å². The molecule has 0 aliphatic rings. The summed E-state index contributed by atoms with van der Waals surface area (Å²) in [6.07, 6.45) is 1.31. The van der Waals surface area contributed by atoms with Crippen LogP contribution in [0.5, 0.6) is 0 Å². The number of nitrogens with zero attached hydrogens (tertiary/aromatic N) is 4. The van der Waals surface area contributed by atoms with Gasteiger partial charge >= 0.3 is 5.97 Å². The Morgan fingerprint density at radius 3 is 2.66 bits per heavy atom. The maximum absolute atomic E-state index is 12.8. The number of rotatable bonds is 7. The van der Waals surface area contributed by atoms with Crippen molar-refractivity contribution < 1.29 is 14.3 Å². The molecule has 1 aromatic carbocycles. The third kappa shape index (κ3) is 4.27. The number of para-hydroxylation sites is 1. The number of ether oxygens (including phenoxy) is 1. The number of anilines is 2. The highest BCUT2D eigenvalue weighted by atomic mass is 32.1. The van der Waals surface area contributed by atoms with Gasteiger partial charge in [-0.3, -0.25) is 14.2 Å². The number of fused-ring (bicyclic) bond motifs is 1. The monoisotopic (exact) mass is 415 g/mol. The van der Waals surface area contributed by atoms with E-state index in [0.717, 1.165) is 18.2 Å². The number of amides is 1. The first kappa shape index (κ1) is 20.5. The van der Waals surface area contributed by atoms with Crippen LogP contribution in [0.25, 0.3) is 10.3 Å². The van der Waals surface area contributed by atoms with Crippen molar-refractivity contribution in [1.29, 1.82) is 0 Å². The van der Waals surface area contributed by atoms with Gasteiger partial charge in [-0.2, -0.15) is 4.98 Å². The van der Waals surface area contributed by atoms with Crippen molar-refractivity contribution in [2.45, 2.75) is 20.4 Å². The first-order valence-electron chi connectivity index (χ1n) is 9.06. The molecule has 1 N–H and O–H groups in total. The van der Waals surface area contributed by atoms with Crippen molar-refractivity contribution in [2.24, 2.45) is 0 Å². The summed E-state index contributed by atoms with van der Waals surface area (Å²) in [5.74, 6) is -1.02. The van der Waals surface area contributed by atoms with Crippen molar-refractivity contribution in [1.82, 2.24) is 14.5 Å². The Morgan fingerprint density at radius 1 is 1.24 bits per heavy atom. The number of nitrogens with one attached hydrogen (secondary N) is 1. The van der Waals surface area contributed by atoms with Crippen molar-refractivity contribution in [3.8, 4) is 0 Å². The number of carbonyl (C=O) groups is 2. The molecule has 0 bridgehead atoms. The Balaban J connectivity index is 1.83. The van der Waals surface area contributed by atoms with Crippen LogP contribution < -0.4 is 15.8 Å². The fourth-order valence-electron chi connectivity index (χ4n) is 2.80. The highest BCUT2D eigenvalue weighted by molar-refractivity contribution is 7.22. The van der Waals surface area contributed by atoms with E-state index >= 15 is 0 Å². The van der Waals surface area contributed by atoms with Crippen molar-refractivity contribution in [3.63, 3.8) is 0 Å². The molecular formula is C19H21N5O4S. The quantitative estimate of drug-likeness (QED) is 0.589. The summed E-state index contributed by atoms with van der Waals surface area (Å²) in [4.78, 5) is 47.7. The van der Waals surface area contributed by atoms with Crippen molar-refractivity contribution in [2.75, 3.05) is 30.4 Å². The Labute approximate surface area is 171 Å². The molecule has 3 rings (SSSR count). The van der Waals surface area contributed by atoms with Crippen LogP contribution in [-0.2, 0) is 16.1 Å². The van der Waals surface area contributed by atoms with Crippen LogP contribution >= 0.6 is 11.3 Å². The Kier molecular flexibility index (Phi) is 6.23. The fourth-order valence-corrected chi connectivity index (χ4v) is 3.90. The van der Waals surface area contributed by atoms with Gasteiger partial charge in [0.15, 0.2) is 10.8 Å². The van der Waals surface area contributed by atoms with Crippen LogP contribution in [0.1, 0.15) is 24.2 Å². The minimum absolute atomic E-state index is 0.232. The van der Waals surface area contributed by atoms with Crippen LogP contribution in [0, 0.1) is 0 Å². The van der Waals surface area contributed by atoms with Gasteiger partial charge in [0.2, 0.25) is 5.91 Å². The summed E-state index contributed by atoms with van der Waals surface area (Å²) < 4.78 is 6.34. The normalized spacial score (nSPS) is 10.7. The maximum Gasteiger partial charge on any atom is 0.339 e. The SMILES string of the molecule is CCN(CC)c1nc2ncn(CC(=O)Nc3ccccc3C(=O)OC)c(=O)c2s1. The molecule has 0 saturated carbocycles. The average molecular weight is 415 g/mol. The molecule has 0 radical (unpaired) electrons. The van der Waals surface area contributed by atoms with Crippen LogP contribution in [0.2, 0.25) is 0 Å². The van der Waals surface area contributed by atoms with Gasteiger partial charge in [0.05, 0.1) is 18.4 Å². The molecule has 2 aromatic heterocycles. The molecule has 3 aromatic rings. The molecule has 0 atom stereocenters. The molecule has 1 amide bonds. The number of hydrogen-bond acceptors (Lipinski definition) is 8. The van der Waals surface area contributed by atoms with Crippen molar-refractivity contribution >= 4 is 44.4 Å². The van der Waals surface area contributed by atoms with Crippen LogP contribution in [0.4, 0.5) is 10.8 Å². The Hall–Kier alpha value is -3.27. The zero-order chi connectivity index (χ0) is 21.0. The van der Waals surface area contributed by atoms with Crippen LogP contribution in [0.15, 0.2) is 35.4 Å². The van der Waals surface area contributed by atoms with E-state index in [-0.39, 0.29) is 17.7 Å². The molecule has 10 heteroatoms. The minimum Gasteiger partial charge on any atom is -0.465 e. The Bertz CT molecular complexity index is 1100. The third-order valence-corrected chi connectivity index (χ3v) is 5.42. The second-order valence-corrected chi connectivity index (χ2v) is 7.06. The highest BCUT2D eigenvalue weighted by Gasteiger charge is 2.17. The molecule has 0 fully saturated rings. The summed E-state index contributed by atoms with van der Waals surface area (Å²) in [5, 5.41) is 3.37. The first-order chi connectivity index (χ1) is 14.0. The lowest BCUT2D eigenvalue weighted by Gasteiger charge is -2.15. The van der Waals surface area contributed by atoms with E-state index in [1.54, 1.807) is 24.3 Å².